The molecule has 3 nitrogen and oxygen atoms in total. The van der Waals surface area contributed by atoms with Gasteiger partial charge in [-0.1, -0.05) is 17.7 Å². The van der Waals surface area contributed by atoms with Crippen molar-refractivity contribution in [2.24, 2.45) is 0 Å². The van der Waals surface area contributed by atoms with Gasteiger partial charge in [0.1, 0.15) is 0 Å². The third kappa shape index (κ3) is 1.62. The summed E-state index contributed by atoms with van der Waals surface area (Å²) in [5.74, 6) is 0. The molecule has 0 aliphatic heterocycles. The molecule has 1 aromatic rings. The standard InChI is InChI=1S/C8H12ClN3/c1-12-4-5-2-3-6(9)8(11)7(5)10/h2-3,12H,4,10-11H2,1H3. The summed E-state index contributed by atoms with van der Waals surface area (Å²) >= 11 is 5.76. The molecule has 0 fully saturated rings. The van der Waals surface area contributed by atoms with Crippen molar-refractivity contribution >= 4 is 23.0 Å². The van der Waals surface area contributed by atoms with Gasteiger partial charge in [-0.15, -0.1) is 0 Å². The van der Waals surface area contributed by atoms with E-state index >= 15 is 0 Å². The highest BCUT2D eigenvalue weighted by molar-refractivity contribution is 6.33. The number of hydrogen-bond acceptors (Lipinski definition) is 3. The predicted octanol–water partition coefficient (Wildman–Crippen LogP) is 1.22. The van der Waals surface area contributed by atoms with Crippen LogP contribution in [0.25, 0.3) is 0 Å². The monoisotopic (exact) mass is 185 g/mol. The number of rotatable bonds is 2. The third-order valence-electron chi connectivity index (χ3n) is 1.69. The molecule has 0 radical (unpaired) electrons. The second-order valence-electron chi connectivity index (χ2n) is 2.56. The summed E-state index contributed by atoms with van der Waals surface area (Å²) in [5.41, 5.74) is 13.3. The van der Waals surface area contributed by atoms with Crippen LogP contribution in [-0.4, -0.2) is 7.05 Å². The molecule has 0 unspecified atom stereocenters. The first-order chi connectivity index (χ1) is 5.66. The van der Waals surface area contributed by atoms with E-state index in [1.165, 1.54) is 0 Å². The number of nitrogens with two attached hydrogens (primary N) is 2. The van der Waals surface area contributed by atoms with Gasteiger partial charge in [0.05, 0.1) is 16.4 Å². The quantitative estimate of drug-likeness (QED) is 0.608. The zero-order valence-corrected chi connectivity index (χ0v) is 7.65. The molecule has 0 spiro atoms. The molecular weight excluding hydrogens is 174 g/mol. The molecule has 1 aromatic carbocycles. The van der Waals surface area contributed by atoms with Crippen molar-refractivity contribution in [3.63, 3.8) is 0 Å². The minimum Gasteiger partial charge on any atom is -0.397 e. The normalized spacial score (nSPS) is 10.2. The van der Waals surface area contributed by atoms with E-state index < -0.39 is 0 Å². The van der Waals surface area contributed by atoms with Gasteiger partial charge in [-0.05, 0) is 18.7 Å². The van der Waals surface area contributed by atoms with Crippen LogP contribution >= 0.6 is 11.6 Å². The van der Waals surface area contributed by atoms with Gasteiger partial charge in [-0.25, -0.2) is 0 Å². The highest BCUT2D eigenvalue weighted by Gasteiger charge is 2.04. The molecule has 0 aliphatic rings. The Kier molecular flexibility index (Phi) is 2.78. The van der Waals surface area contributed by atoms with Crippen LogP contribution in [0.4, 0.5) is 11.4 Å². The maximum absolute atomic E-state index is 5.76. The minimum atomic E-state index is 0.462. The molecule has 0 saturated heterocycles. The second kappa shape index (κ2) is 3.65. The molecule has 0 bridgehead atoms. The first-order valence-electron chi connectivity index (χ1n) is 3.63. The van der Waals surface area contributed by atoms with Crippen LogP contribution < -0.4 is 16.8 Å². The number of nitrogen functional groups attached to an aromatic ring is 2. The van der Waals surface area contributed by atoms with Gasteiger partial charge in [-0.2, -0.15) is 0 Å². The highest BCUT2D eigenvalue weighted by atomic mass is 35.5. The van der Waals surface area contributed by atoms with Crippen molar-refractivity contribution in [3.8, 4) is 0 Å². The lowest BCUT2D eigenvalue weighted by Gasteiger charge is -2.08. The van der Waals surface area contributed by atoms with Crippen LogP contribution in [0.15, 0.2) is 12.1 Å². The first kappa shape index (κ1) is 9.16. The second-order valence-corrected chi connectivity index (χ2v) is 2.97. The van der Waals surface area contributed by atoms with Gasteiger partial charge >= 0.3 is 0 Å². The van der Waals surface area contributed by atoms with Gasteiger partial charge in [-0.3, -0.25) is 0 Å². The zero-order chi connectivity index (χ0) is 9.14. The van der Waals surface area contributed by atoms with Gasteiger partial charge in [0.2, 0.25) is 0 Å². The lowest BCUT2D eigenvalue weighted by atomic mass is 10.1. The maximum Gasteiger partial charge on any atom is 0.0740 e. The van der Waals surface area contributed by atoms with Crippen molar-refractivity contribution < 1.29 is 0 Å². The van der Waals surface area contributed by atoms with Crippen LogP contribution in [0.5, 0.6) is 0 Å². The SMILES string of the molecule is CNCc1ccc(Cl)c(N)c1N. The molecule has 0 atom stereocenters. The number of halogens is 1. The summed E-state index contributed by atoms with van der Waals surface area (Å²) in [6.45, 7) is 0.702. The van der Waals surface area contributed by atoms with E-state index in [1.807, 2.05) is 13.1 Å². The van der Waals surface area contributed by atoms with Crippen LogP contribution in [0.2, 0.25) is 5.02 Å². The van der Waals surface area contributed by atoms with Gasteiger partial charge in [0.15, 0.2) is 0 Å². The van der Waals surface area contributed by atoms with E-state index in [4.69, 9.17) is 23.1 Å². The number of nitrogens with one attached hydrogen (secondary N) is 1. The molecule has 0 saturated carbocycles. The van der Waals surface area contributed by atoms with E-state index in [1.54, 1.807) is 6.07 Å². The molecule has 4 heteroatoms. The van der Waals surface area contributed by atoms with Crippen molar-refractivity contribution in [2.45, 2.75) is 6.54 Å². The van der Waals surface area contributed by atoms with E-state index in [9.17, 15) is 0 Å². The van der Waals surface area contributed by atoms with E-state index in [-0.39, 0.29) is 0 Å². The fraction of sp³-hybridized carbons (Fsp3) is 0.250. The van der Waals surface area contributed by atoms with Crippen LogP contribution in [-0.2, 0) is 6.54 Å². The minimum absolute atomic E-state index is 0.462. The summed E-state index contributed by atoms with van der Waals surface area (Å²) in [7, 11) is 1.85. The summed E-state index contributed by atoms with van der Waals surface area (Å²) in [6, 6.07) is 3.62. The average molecular weight is 186 g/mol. The number of anilines is 2. The zero-order valence-electron chi connectivity index (χ0n) is 6.89. The van der Waals surface area contributed by atoms with Crippen LogP contribution in [0, 0.1) is 0 Å². The molecule has 12 heavy (non-hydrogen) atoms. The summed E-state index contributed by atoms with van der Waals surface area (Å²) in [6.07, 6.45) is 0. The van der Waals surface area contributed by atoms with Crippen LogP contribution in [0.3, 0.4) is 0 Å². The smallest absolute Gasteiger partial charge is 0.0740 e. The summed E-state index contributed by atoms with van der Waals surface area (Å²) in [4.78, 5) is 0. The highest BCUT2D eigenvalue weighted by Crippen LogP contribution is 2.27. The fourth-order valence-corrected chi connectivity index (χ4v) is 1.16. The molecule has 1 rings (SSSR count). The molecule has 0 heterocycles. The van der Waals surface area contributed by atoms with Crippen molar-refractivity contribution in [2.75, 3.05) is 18.5 Å². The Balaban J connectivity index is 3.08. The average Bonchev–Trinajstić information content (AvgIpc) is 2.07. The van der Waals surface area contributed by atoms with Gasteiger partial charge in [0, 0.05) is 6.54 Å². The molecule has 5 N–H and O–H groups in total. The Morgan fingerprint density at radius 2 is 2.00 bits per heavy atom. The number of hydrogen-bond donors (Lipinski definition) is 3. The van der Waals surface area contributed by atoms with E-state index in [0.717, 1.165) is 5.56 Å². The Morgan fingerprint density at radius 3 is 2.58 bits per heavy atom. The molecule has 0 aliphatic carbocycles. The molecule has 0 aromatic heterocycles. The fourth-order valence-electron chi connectivity index (χ4n) is 1.000. The molecule has 0 amide bonds. The van der Waals surface area contributed by atoms with Crippen molar-refractivity contribution in [1.29, 1.82) is 0 Å². The largest absolute Gasteiger partial charge is 0.397 e. The Hall–Kier alpha value is -0.930. The van der Waals surface area contributed by atoms with Crippen LogP contribution in [0.1, 0.15) is 5.56 Å². The lowest BCUT2D eigenvalue weighted by molar-refractivity contribution is 0.820. The predicted molar refractivity (Wildman–Crippen MR) is 53.0 cm³/mol. The Morgan fingerprint density at radius 1 is 1.33 bits per heavy atom. The first-order valence-corrected chi connectivity index (χ1v) is 4.01. The summed E-state index contributed by atoms with van der Waals surface area (Å²) in [5, 5.41) is 3.50. The molecule has 66 valence electrons. The lowest BCUT2D eigenvalue weighted by Crippen LogP contribution is -2.09. The van der Waals surface area contributed by atoms with Gasteiger partial charge in [0.25, 0.3) is 0 Å². The molecular formula is C8H12ClN3. The third-order valence-corrected chi connectivity index (χ3v) is 2.02. The Labute approximate surface area is 76.7 Å². The topological polar surface area (TPSA) is 64.1 Å². The Bertz CT molecular complexity index is 286. The van der Waals surface area contributed by atoms with E-state index in [2.05, 4.69) is 5.32 Å². The maximum atomic E-state index is 5.76. The van der Waals surface area contributed by atoms with Gasteiger partial charge < -0.3 is 16.8 Å². The van der Waals surface area contributed by atoms with Crippen molar-refractivity contribution in [3.05, 3.63) is 22.7 Å². The van der Waals surface area contributed by atoms with Crippen molar-refractivity contribution in [1.82, 2.24) is 5.32 Å². The van der Waals surface area contributed by atoms with E-state index in [0.29, 0.717) is 22.9 Å². The summed E-state index contributed by atoms with van der Waals surface area (Å²) < 4.78 is 0. The number of benzene rings is 1.